The Hall–Kier alpha value is -3.68. The Balaban J connectivity index is 1.61. The topological polar surface area (TPSA) is 62.2 Å². The van der Waals surface area contributed by atoms with Gasteiger partial charge in [0.15, 0.2) is 5.11 Å². The second kappa shape index (κ2) is 10.4. The predicted molar refractivity (Wildman–Crippen MR) is 153 cm³/mol. The highest BCUT2D eigenvalue weighted by Crippen LogP contribution is 2.43. The SMILES string of the molecule is Cc1ccccc1-n1cccc1[C@H]1[C@H](c2ccccn2)NC(=S)N1c1ccc(NC(=O)C(C)C)c(Cl)c1. The van der Waals surface area contributed by atoms with Crippen molar-refractivity contribution in [2.24, 2.45) is 5.92 Å². The van der Waals surface area contributed by atoms with Crippen LogP contribution in [0.15, 0.2) is 85.2 Å². The number of thiocarbonyl (C=S) groups is 1. The predicted octanol–water partition coefficient (Wildman–Crippen LogP) is 6.61. The van der Waals surface area contributed by atoms with Crippen LogP contribution in [0.3, 0.4) is 0 Å². The number of aromatic nitrogens is 2. The first kappa shape index (κ1) is 25.0. The molecule has 0 radical (unpaired) electrons. The third-order valence-electron chi connectivity index (χ3n) is 6.57. The Labute approximate surface area is 227 Å². The normalized spacial score (nSPS) is 17.2. The Bertz CT molecular complexity index is 1450. The number of pyridine rings is 1. The minimum atomic E-state index is -0.204. The van der Waals surface area contributed by atoms with E-state index in [0.29, 0.717) is 15.8 Å². The van der Waals surface area contributed by atoms with Gasteiger partial charge < -0.3 is 20.1 Å². The number of hydrogen-bond donors (Lipinski definition) is 2. The molecule has 0 spiro atoms. The summed E-state index contributed by atoms with van der Waals surface area (Å²) in [5.74, 6) is -0.235. The molecule has 1 aliphatic heterocycles. The molecule has 1 aliphatic rings. The maximum atomic E-state index is 12.2. The van der Waals surface area contributed by atoms with Gasteiger partial charge in [0.05, 0.1) is 22.4 Å². The maximum absolute atomic E-state index is 12.2. The highest BCUT2D eigenvalue weighted by atomic mass is 35.5. The molecule has 0 saturated carbocycles. The van der Waals surface area contributed by atoms with Gasteiger partial charge in [0.25, 0.3) is 0 Å². The third kappa shape index (κ3) is 4.84. The smallest absolute Gasteiger partial charge is 0.226 e. The zero-order chi connectivity index (χ0) is 26.1. The van der Waals surface area contributed by atoms with Crippen LogP contribution in [0.4, 0.5) is 11.4 Å². The second-order valence-corrected chi connectivity index (χ2v) is 10.2. The summed E-state index contributed by atoms with van der Waals surface area (Å²) in [5.41, 5.74) is 5.62. The van der Waals surface area contributed by atoms with Gasteiger partial charge in [-0.25, -0.2) is 0 Å². The summed E-state index contributed by atoms with van der Waals surface area (Å²) in [6, 6.07) is 23.6. The number of anilines is 2. The molecular weight excluding hydrogens is 502 g/mol. The highest BCUT2D eigenvalue weighted by Gasteiger charge is 2.42. The molecule has 3 heterocycles. The van der Waals surface area contributed by atoms with Crippen molar-refractivity contribution in [3.63, 3.8) is 0 Å². The zero-order valence-electron chi connectivity index (χ0n) is 20.9. The number of amides is 1. The summed E-state index contributed by atoms with van der Waals surface area (Å²) in [6.45, 7) is 5.80. The van der Waals surface area contributed by atoms with Crippen molar-refractivity contribution in [1.82, 2.24) is 14.9 Å². The molecule has 0 aliphatic carbocycles. The van der Waals surface area contributed by atoms with Crippen molar-refractivity contribution in [3.8, 4) is 5.69 Å². The molecule has 1 amide bonds. The van der Waals surface area contributed by atoms with Crippen LogP contribution in [0.5, 0.6) is 0 Å². The first-order valence-electron chi connectivity index (χ1n) is 12.2. The molecule has 0 unspecified atom stereocenters. The van der Waals surface area contributed by atoms with Gasteiger partial charge in [0, 0.05) is 35.4 Å². The summed E-state index contributed by atoms with van der Waals surface area (Å²) >= 11 is 12.5. The lowest BCUT2D eigenvalue weighted by Gasteiger charge is -2.29. The van der Waals surface area contributed by atoms with E-state index in [2.05, 4.69) is 56.4 Å². The van der Waals surface area contributed by atoms with Crippen LogP contribution >= 0.6 is 23.8 Å². The van der Waals surface area contributed by atoms with Gasteiger partial charge in [-0.15, -0.1) is 0 Å². The molecular formula is C29H28ClN5OS. The quantitative estimate of drug-likeness (QED) is 0.275. The average Bonchev–Trinajstić information content (AvgIpc) is 3.50. The van der Waals surface area contributed by atoms with Crippen LogP contribution in [0.25, 0.3) is 5.69 Å². The van der Waals surface area contributed by atoms with Crippen molar-refractivity contribution in [2.75, 3.05) is 10.2 Å². The Morgan fingerprint density at radius 1 is 1.08 bits per heavy atom. The molecule has 2 aromatic heterocycles. The zero-order valence-corrected chi connectivity index (χ0v) is 22.4. The van der Waals surface area contributed by atoms with Crippen LogP contribution in [0.1, 0.15) is 42.9 Å². The van der Waals surface area contributed by atoms with E-state index < -0.39 is 0 Å². The van der Waals surface area contributed by atoms with E-state index >= 15 is 0 Å². The van der Waals surface area contributed by atoms with Gasteiger partial charge in [0.1, 0.15) is 6.04 Å². The minimum absolute atomic E-state index is 0.0860. The van der Waals surface area contributed by atoms with Gasteiger partial charge in [0.2, 0.25) is 5.91 Å². The van der Waals surface area contributed by atoms with Crippen molar-refractivity contribution >= 4 is 46.2 Å². The average molecular weight is 530 g/mol. The van der Waals surface area contributed by atoms with Crippen LogP contribution in [-0.2, 0) is 4.79 Å². The molecule has 1 fully saturated rings. The van der Waals surface area contributed by atoms with E-state index in [1.54, 1.807) is 6.20 Å². The number of rotatable bonds is 6. The van der Waals surface area contributed by atoms with Crippen molar-refractivity contribution in [3.05, 3.63) is 107 Å². The molecule has 5 rings (SSSR count). The van der Waals surface area contributed by atoms with Gasteiger partial charge in [-0.3, -0.25) is 9.78 Å². The summed E-state index contributed by atoms with van der Waals surface area (Å²) in [5, 5.41) is 7.42. The monoisotopic (exact) mass is 529 g/mol. The fraction of sp³-hybridized carbons (Fsp3) is 0.207. The Kier molecular flexibility index (Phi) is 7.00. The van der Waals surface area contributed by atoms with E-state index in [1.807, 2.05) is 68.4 Å². The van der Waals surface area contributed by atoms with E-state index in [9.17, 15) is 4.79 Å². The van der Waals surface area contributed by atoms with Gasteiger partial charge in [-0.05, 0) is 73.2 Å². The van der Waals surface area contributed by atoms with Crippen molar-refractivity contribution in [1.29, 1.82) is 0 Å². The minimum Gasteiger partial charge on any atom is -0.351 e. The number of aryl methyl sites for hydroxylation is 1. The number of nitrogens with zero attached hydrogens (tertiary/aromatic N) is 3. The molecule has 0 bridgehead atoms. The van der Waals surface area contributed by atoms with E-state index in [0.717, 1.165) is 22.8 Å². The van der Waals surface area contributed by atoms with Crippen LogP contribution in [0, 0.1) is 12.8 Å². The number of halogens is 1. The molecule has 188 valence electrons. The summed E-state index contributed by atoms with van der Waals surface area (Å²) in [4.78, 5) is 19.0. The lowest BCUT2D eigenvalue weighted by Crippen LogP contribution is -2.30. The number of hydrogen-bond acceptors (Lipinski definition) is 3. The molecule has 2 atom stereocenters. The lowest BCUT2D eigenvalue weighted by atomic mass is 10.0. The molecule has 2 aromatic carbocycles. The Morgan fingerprint density at radius 2 is 1.86 bits per heavy atom. The van der Waals surface area contributed by atoms with Crippen molar-refractivity contribution < 1.29 is 4.79 Å². The van der Waals surface area contributed by atoms with Gasteiger partial charge in [-0.2, -0.15) is 0 Å². The number of para-hydroxylation sites is 1. The number of carbonyl (C=O) groups is 1. The second-order valence-electron chi connectivity index (χ2n) is 9.39. The molecule has 4 aromatic rings. The lowest BCUT2D eigenvalue weighted by molar-refractivity contribution is -0.118. The Morgan fingerprint density at radius 3 is 2.57 bits per heavy atom. The van der Waals surface area contributed by atoms with E-state index in [1.165, 1.54) is 5.56 Å². The fourth-order valence-corrected chi connectivity index (χ4v) is 5.22. The fourth-order valence-electron chi connectivity index (χ4n) is 4.65. The number of benzene rings is 2. The maximum Gasteiger partial charge on any atom is 0.226 e. The highest BCUT2D eigenvalue weighted by molar-refractivity contribution is 7.80. The molecule has 1 saturated heterocycles. The van der Waals surface area contributed by atoms with Crippen LogP contribution < -0.4 is 15.5 Å². The van der Waals surface area contributed by atoms with Gasteiger partial charge in [-0.1, -0.05) is 49.7 Å². The third-order valence-corrected chi connectivity index (χ3v) is 7.20. The first-order chi connectivity index (χ1) is 17.8. The van der Waals surface area contributed by atoms with Crippen LogP contribution in [-0.4, -0.2) is 20.6 Å². The number of carbonyl (C=O) groups excluding carboxylic acids is 1. The summed E-state index contributed by atoms with van der Waals surface area (Å²) in [7, 11) is 0. The standard InChI is InChI=1S/C29H28ClN5OS/c1-18(2)28(36)32-22-14-13-20(17-21(22)30)35-27(26(33-29(35)37)23-10-6-7-15-31-23)25-12-8-16-34(25)24-11-5-4-9-19(24)3/h4-18,26-27H,1-3H3,(H,32,36)(H,33,37)/t26-,27-/m0/s1. The molecule has 6 nitrogen and oxygen atoms in total. The first-order valence-corrected chi connectivity index (χ1v) is 13.0. The summed E-state index contributed by atoms with van der Waals surface area (Å²) in [6.07, 6.45) is 3.87. The van der Waals surface area contributed by atoms with Gasteiger partial charge >= 0.3 is 0 Å². The van der Waals surface area contributed by atoms with E-state index in [-0.39, 0.29) is 23.9 Å². The molecule has 2 N–H and O–H groups in total. The van der Waals surface area contributed by atoms with Crippen LogP contribution in [0.2, 0.25) is 5.02 Å². The molecule has 37 heavy (non-hydrogen) atoms. The largest absolute Gasteiger partial charge is 0.351 e. The summed E-state index contributed by atoms with van der Waals surface area (Å²) < 4.78 is 2.21. The molecule has 8 heteroatoms. The van der Waals surface area contributed by atoms with E-state index in [4.69, 9.17) is 23.8 Å². The number of nitrogens with one attached hydrogen (secondary N) is 2. The van der Waals surface area contributed by atoms with Crippen molar-refractivity contribution in [2.45, 2.75) is 32.9 Å².